The Kier molecular flexibility index (Phi) is 11.4. The maximum absolute atomic E-state index is 14.3. The van der Waals surface area contributed by atoms with E-state index in [0.717, 1.165) is 19.2 Å². The van der Waals surface area contributed by atoms with E-state index in [-0.39, 0.29) is 17.0 Å². The van der Waals surface area contributed by atoms with Crippen LogP contribution in [0.25, 0.3) is 17.5 Å². The van der Waals surface area contributed by atoms with Crippen LogP contribution in [0.5, 0.6) is 0 Å². The number of H-pyrrole nitrogens is 1. The predicted molar refractivity (Wildman–Crippen MR) is 138 cm³/mol. The third kappa shape index (κ3) is 8.94. The summed E-state index contributed by atoms with van der Waals surface area (Å²) < 4.78 is 50.3. The number of nitrogens with two attached hydrogens (primary N) is 1. The van der Waals surface area contributed by atoms with E-state index in [0.29, 0.717) is 16.9 Å². The number of aldehydes is 1. The Labute approximate surface area is 221 Å². The molecule has 0 fully saturated rings. The summed E-state index contributed by atoms with van der Waals surface area (Å²) in [4.78, 5) is 32.0. The van der Waals surface area contributed by atoms with Gasteiger partial charge in [-0.1, -0.05) is 37.8 Å². The second-order valence-electron chi connectivity index (χ2n) is 8.19. The number of carbonyl (C=O) groups is 1. The van der Waals surface area contributed by atoms with Crippen LogP contribution in [-0.4, -0.2) is 44.9 Å². The van der Waals surface area contributed by atoms with Crippen LogP contribution >= 0.6 is 11.6 Å². The van der Waals surface area contributed by atoms with Crippen molar-refractivity contribution in [1.29, 1.82) is 0 Å². The molecular weight excluding hydrogens is 528 g/mol. The number of hydrogen-bond donors (Lipinski definition) is 2. The van der Waals surface area contributed by atoms with Gasteiger partial charge in [-0.25, -0.2) is 19.5 Å². The van der Waals surface area contributed by atoms with Crippen molar-refractivity contribution in [1.82, 2.24) is 25.1 Å². The first-order valence-corrected chi connectivity index (χ1v) is 11.9. The summed E-state index contributed by atoms with van der Waals surface area (Å²) in [5.74, 6) is -0.314. The first-order valence-electron chi connectivity index (χ1n) is 11.5. The van der Waals surface area contributed by atoms with Crippen molar-refractivity contribution in [2.45, 2.75) is 38.8 Å². The number of nitrogens with zero attached hydrogens (tertiary/aromatic N) is 4. The van der Waals surface area contributed by atoms with E-state index in [1.807, 2.05) is 19.3 Å². The molecule has 0 saturated carbocycles. The van der Waals surface area contributed by atoms with Crippen LogP contribution in [0.2, 0.25) is 5.02 Å². The summed E-state index contributed by atoms with van der Waals surface area (Å²) in [6.45, 7) is 3.11. The van der Waals surface area contributed by atoms with Crippen molar-refractivity contribution >= 4 is 29.7 Å². The molecule has 0 amide bonds. The van der Waals surface area contributed by atoms with E-state index in [2.05, 4.69) is 26.9 Å². The number of rotatable bonds is 9. The predicted octanol–water partition coefficient (Wildman–Crippen LogP) is 5.60. The highest BCUT2D eigenvalue weighted by Gasteiger charge is 2.36. The molecule has 204 valence electrons. The van der Waals surface area contributed by atoms with Crippen molar-refractivity contribution in [3.63, 3.8) is 0 Å². The van der Waals surface area contributed by atoms with Crippen molar-refractivity contribution in [3.8, 4) is 11.4 Å². The largest absolute Gasteiger partial charge is 0.423 e. The zero-order valence-corrected chi connectivity index (χ0v) is 21.5. The molecule has 2 aromatic heterocycles. The van der Waals surface area contributed by atoms with Gasteiger partial charge in [0, 0.05) is 31.5 Å². The van der Waals surface area contributed by atoms with Gasteiger partial charge in [-0.15, -0.1) is 0 Å². The number of aromatic nitrogens is 4. The number of unbranched alkanes of at least 4 members (excludes halogenated alkanes) is 3. The third-order valence-electron chi connectivity index (χ3n) is 5.20. The summed E-state index contributed by atoms with van der Waals surface area (Å²) in [6.07, 6.45) is 7.93. The molecule has 3 aromatic rings. The Hall–Kier alpha value is -3.80. The molecule has 0 aliphatic carbocycles. The van der Waals surface area contributed by atoms with E-state index in [1.54, 1.807) is 11.2 Å². The summed E-state index contributed by atoms with van der Waals surface area (Å²) >= 11 is 5.78. The summed E-state index contributed by atoms with van der Waals surface area (Å²) in [5.41, 5.74) is 2.64. The molecule has 3 N–H and O–H groups in total. The lowest BCUT2D eigenvalue weighted by molar-refractivity contribution is -0.138. The lowest BCUT2D eigenvalue weighted by Gasteiger charge is -2.14. The average Bonchev–Trinajstić information content (AvgIpc) is 2.86. The Morgan fingerprint density at radius 3 is 2.34 bits per heavy atom. The van der Waals surface area contributed by atoms with Gasteiger partial charge in [-0.2, -0.15) is 18.3 Å². The molecule has 0 saturated heterocycles. The van der Waals surface area contributed by atoms with Crippen LogP contribution in [0, 0.1) is 5.82 Å². The fraction of sp³-hybridized carbons (Fsp3) is 0.320. The number of alkyl halides is 3. The van der Waals surface area contributed by atoms with E-state index in [1.165, 1.54) is 37.7 Å². The van der Waals surface area contributed by atoms with Crippen molar-refractivity contribution in [2.75, 3.05) is 19.3 Å². The van der Waals surface area contributed by atoms with Crippen LogP contribution in [0.1, 0.15) is 54.1 Å². The number of nitrogen functional groups attached to an aromatic ring is 1. The average molecular weight is 555 g/mol. The minimum absolute atomic E-state index is 0.229. The van der Waals surface area contributed by atoms with E-state index in [4.69, 9.17) is 17.3 Å². The highest BCUT2D eigenvalue weighted by molar-refractivity contribution is 6.30. The Morgan fingerprint density at radius 2 is 1.79 bits per heavy atom. The zero-order chi connectivity index (χ0) is 28.3. The molecule has 0 spiro atoms. The summed E-state index contributed by atoms with van der Waals surface area (Å²) in [5, 5.41) is 5.12. The maximum Gasteiger partial charge on any atom is 0.423 e. The van der Waals surface area contributed by atoms with Gasteiger partial charge in [-0.3, -0.25) is 9.59 Å². The zero-order valence-electron chi connectivity index (χ0n) is 20.7. The van der Waals surface area contributed by atoms with Crippen molar-refractivity contribution < 1.29 is 22.4 Å². The van der Waals surface area contributed by atoms with Gasteiger partial charge in [0.1, 0.15) is 11.4 Å². The molecule has 0 atom stereocenters. The highest BCUT2D eigenvalue weighted by atomic mass is 35.5. The number of anilines is 1. The van der Waals surface area contributed by atoms with E-state index in [9.17, 15) is 27.2 Å². The van der Waals surface area contributed by atoms with Gasteiger partial charge in [0.25, 0.3) is 5.56 Å². The molecule has 8 nitrogen and oxygen atoms in total. The summed E-state index contributed by atoms with van der Waals surface area (Å²) in [6, 6.07) is 2.80. The first-order chi connectivity index (χ1) is 18.0. The van der Waals surface area contributed by atoms with Gasteiger partial charge in [0.2, 0.25) is 0 Å². The second kappa shape index (κ2) is 14.2. The highest BCUT2D eigenvalue weighted by Crippen LogP contribution is 2.29. The second-order valence-corrected chi connectivity index (χ2v) is 8.62. The van der Waals surface area contributed by atoms with Gasteiger partial charge in [-0.05, 0) is 36.4 Å². The molecule has 2 heterocycles. The number of hydrogen-bond acceptors (Lipinski definition) is 7. The molecule has 0 unspecified atom stereocenters. The molecule has 0 aliphatic heterocycles. The monoisotopic (exact) mass is 554 g/mol. The minimum atomic E-state index is -4.74. The van der Waals surface area contributed by atoms with Gasteiger partial charge in [0.05, 0.1) is 22.5 Å². The molecule has 0 bridgehead atoms. The Morgan fingerprint density at radius 1 is 1.11 bits per heavy atom. The minimum Gasteiger partial charge on any atom is -0.397 e. The fourth-order valence-corrected chi connectivity index (χ4v) is 3.35. The first kappa shape index (κ1) is 30.4. The van der Waals surface area contributed by atoms with Gasteiger partial charge < -0.3 is 10.6 Å². The number of benzene rings is 1. The van der Waals surface area contributed by atoms with Crippen LogP contribution in [-0.2, 0) is 6.18 Å². The molecular formula is C25H27ClF4N6O2. The molecule has 3 rings (SSSR count). The quantitative estimate of drug-likeness (QED) is 0.201. The lowest BCUT2D eigenvalue weighted by atomic mass is 10.0. The molecule has 38 heavy (non-hydrogen) atoms. The van der Waals surface area contributed by atoms with Gasteiger partial charge in [0.15, 0.2) is 12.1 Å². The maximum atomic E-state index is 14.3. The van der Waals surface area contributed by atoms with Crippen molar-refractivity contribution in [2.24, 2.45) is 0 Å². The molecule has 1 aromatic carbocycles. The van der Waals surface area contributed by atoms with Gasteiger partial charge >= 0.3 is 6.18 Å². The molecule has 0 aliphatic rings. The topological polar surface area (TPSA) is 118 Å². The van der Waals surface area contributed by atoms with Crippen LogP contribution in [0.3, 0.4) is 0 Å². The number of aromatic amines is 1. The number of nitrogens with one attached hydrogen (secondary N) is 1. The molecule has 13 heteroatoms. The Balaban J connectivity index is 0.000000352. The Bertz CT molecular complexity index is 1300. The van der Waals surface area contributed by atoms with Crippen LogP contribution < -0.4 is 11.3 Å². The van der Waals surface area contributed by atoms with E-state index < -0.39 is 28.8 Å². The third-order valence-corrected chi connectivity index (χ3v) is 5.40. The fourth-order valence-electron chi connectivity index (χ4n) is 3.25. The van der Waals surface area contributed by atoms with Crippen LogP contribution in [0.4, 0.5) is 23.2 Å². The van der Waals surface area contributed by atoms with Crippen LogP contribution in [0.15, 0.2) is 41.7 Å². The number of carbonyl (C=O) groups excluding carboxylic acids is 1. The van der Waals surface area contributed by atoms with Crippen molar-refractivity contribution in [3.05, 3.63) is 74.8 Å². The van der Waals surface area contributed by atoms with E-state index >= 15 is 0 Å². The summed E-state index contributed by atoms with van der Waals surface area (Å²) in [7, 11) is 1.98. The standard InChI is InChI=1S/C20H23ClFN3O.C5H4F3N3O/c1-3-4-5-6-8-25(2)9-7-15-10-18(19(22)11-16(15)14-26)20-23-12-17(21)13-24-20;6-5(7,8)3-2(9)1-10-11-4(3)12/h7,9-14H,3-6,8H2,1-2H3;1H,(H3,9,11,12)/b9-7-;. The lowest BCUT2D eigenvalue weighted by Crippen LogP contribution is -2.24. The normalized spacial score (nSPS) is 11.2. The number of halogens is 5. The smallest absolute Gasteiger partial charge is 0.397 e. The molecule has 0 radical (unpaired) electrons. The SMILES string of the molecule is CCCCCCN(C)/C=C\c1cc(-c2ncc(Cl)cn2)c(F)cc1C=O.Nc1cn[nH]c(=O)c1C(F)(F)F.